The largest absolute Gasteiger partial charge is 0.497 e. The number of ether oxygens (including phenoxy) is 1. The molecule has 0 radical (unpaired) electrons. The van der Waals surface area contributed by atoms with E-state index < -0.39 is 34.3 Å². The summed E-state index contributed by atoms with van der Waals surface area (Å²) in [6.45, 7) is 5.45. The second-order valence-corrected chi connectivity index (χ2v) is 11.6. The number of methoxy groups -OCH3 is 1. The van der Waals surface area contributed by atoms with Crippen LogP contribution in [0.15, 0.2) is 83.8 Å². The highest BCUT2D eigenvalue weighted by Crippen LogP contribution is 2.27. The van der Waals surface area contributed by atoms with E-state index in [1.807, 2.05) is 13.8 Å². The zero-order valence-electron chi connectivity index (χ0n) is 23.2. The van der Waals surface area contributed by atoms with Gasteiger partial charge in [0.25, 0.3) is 10.0 Å². The average molecular weight is 570 g/mol. The Morgan fingerprint density at radius 3 is 2.15 bits per heavy atom. The minimum absolute atomic E-state index is 0.0347. The molecule has 3 aromatic rings. The summed E-state index contributed by atoms with van der Waals surface area (Å²) < 4.78 is 48.4. The van der Waals surface area contributed by atoms with Crippen molar-refractivity contribution in [3.05, 3.63) is 90.2 Å². The van der Waals surface area contributed by atoms with Crippen molar-refractivity contribution >= 4 is 27.5 Å². The third-order valence-corrected chi connectivity index (χ3v) is 8.09. The molecule has 0 aliphatic heterocycles. The molecule has 0 heterocycles. The van der Waals surface area contributed by atoms with Gasteiger partial charge in [-0.3, -0.25) is 13.9 Å². The molecule has 0 aromatic heterocycles. The van der Waals surface area contributed by atoms with Gasteiger partial charge in [0.05, 0.1) is 17.7 Å². The van der Waals surface area contributed by atoms with Gasteiger partial charge < -0.3 is 15.0 Å². The molecule has 3 rings (SSSR count). The lowest BCUT2D eigenvalue weighted by Crippen LogP contribution is -2.52. The molecule has 0 fully saturated rings. The molecule has 2 amide bonds. The highest BCUT2D eigenvalue weighted by atomic mass is 32.2. The average Bonchev–Trinajstić information content (AvgIpc) is 2.95. The smallest absolute Gasteiger partial charge is 0.264 e. The number of carbonyl (C=O) groups is 2. The minimum atomic E-state index is -4.33. The molecule has 1 unspecified atom stereocenters. The van der Waals surface area contributed by atoms with E-state index in [0.29, 0.717) is 17.9 Å². The predicted molar refractivity (Wildman–Crippen MR) is 153 cm³/mol. The summed E-state index contributed by atoms with van der Waals surface area (Å²) >= 11 is 0. The lowest BCUT2D eigenvalue weighted by molar-refractivity contribution is -0.140. The molecule has 0 aliphatic rings. The van der Waals surface area contributed by atoms with E-state index in [2.05, 4.69) is 5.32 Å². The molecule has 40 heavy (non-hydrogen) atoms. The molecular formula is C30H36FN3O5S. The summed E-state index contributed by atoms with van der Waals surface area (Å²) in [4.78, 5) is 28.5. The third kappa shape index (κ3) is 7.59. The first-order valence-electron chi connectivity index (χ1n) is 13.1. The number of anilines is 1. The zero-order valence-corrected chi connectivity index (χ0v) is 24.0. The summed E-state index contributed by atoms with van der Waals surface area (Å²) in [5.41, 5.74) is 0.453. The van der Waals surface area contributed by atoms with Crippen LogP contribution in [0.5, 0.6) is 5.75 Å². The van der Waals surface area contributed by atoms with Gasteiger partial charge in [-0.05, 0) is 54.3 Å². The van der Waals surface area contributed by atoms with Gasteiger partial charge >= 0.3 is 0 Å². The lowest BCUT2D eigenvalue weighted by atomic mass is 10.1. The molecule has 8 nitrogen and oxygen atoms in total. The fraction of sp³-hybridized carbons (Fsp3) is 0.333. The summed E-state index contributed by atoms with van der Waals surface area (Å²) in [6.07, 6.45) is 0.289. The Bertz CT molecular complexity index is 1380. The van der Waals surface area contributed by atoms with Crippen molar-refractivity contribution in [2.75, 3.05) is 24.5 Å². The second-order valence-electron chi connectivity index (χ2n) is 9.71. The maximum absolute atomic E-state index is 15.0. The number of amides is 2. The number of sulfonamides is 1. The molecule has 214 valence electrons. The number of hydrogen-bond donors (Lipinski definition) is 1. The van der Waals surface area contributed by atoms with Crippen LogP contribution in [0.25, 0.3) is 0 Å². The van der Waals surface area contributed by atoms with E-state index >= 15 is 0 Å². The lowest BCUT2D eigenvalue weighted by Gasteiger charge is -2.33. The Balaban J connectivity index is 2.04. The van der Waals surface area contributed by atoms with Gasteiger partial charge in [-0.1, -0.05) is 63.2 Å². The highest BCUT2D eigenvalue weighted by Gasteiger charge is 2.34. The maximum atomic E-state index is 15.0. The molecule has 0 saturated carbocycles. The molecule has 1 atom stereocenters. The first-order chi connectivity index (χ1) is 19.1. The van der Waals surface area contributed by atoms with E-state index in [9.17, 15) is 22.4 Å². The van der Waals surface area contributed by atoms with Crippen molar-refractivity contribution in [3.63, 3.8) is 0 Å². The van der Waals surface area contributed by atoms with Crippen molar-refractivity contribution in [2.45, 2.75) is 44.7 Å². The minimum Gasteiger partial charge on any atom is -0.497 e. The van der Waals surface area contributed by atoms with Gasteiger partial charge in [0, 0.05) is 13.1 Å². The number of benzene rings is 3. The quantitative estimate of drug-likeness (QED) is 0.324. The summed E-state index contributed by atoms with van der Waals surface area (Å²) in [7, 11) is -2.79. The summed E-state index contributed by atoms with van der Waals surface area (Å²) in [6, 6.07) is 19.1. The van der Waals surface area contributed by atoms with Crippen LogP contribution in [0.3, 0.4) is 0 Å². The number of nitrogens with one attached hydrogen (secondary N) is 1. The van der Waals surface area contributed by atoms with Gasteiger partial charge in [0.2, 0.25) is 11.8 Å². The SMILES string of the molecule is CCC(C(=O)NCC(C)C)N(Cc1ccc(OC)cc1)C(=O)CN(c1ccccc1F)S(=O)(=O)c1ccccc1. The number of hydrogen-bond acceptors (Lipinski definition) is 5. The molecule has 0 bridgehead atoms. The van der Waals surface area contributed by atoms with Crippen LogP contribution in [-0.2, 0) is 26.2 Å². The normalized spacial score (nSPS) is 12.1. The summed E-state index contributed by atoms with van der Waals surface area (Å²) in [5.74, 6) is -0.965. The molecule has 0 saturated heterocycles. The Labute approximate surface area is 235 Å². The van der Waals surface area contributed by atoms with E-state index in [1.165, 1.54) is 35.2 Å². The van der Waals surface area contributed by atoms with Gasteiger partial charge in [-0.15, -0.1) is 0 Å². The predicted octanol–water partition coefficient (Wildman–Crippen LogP) is 4.61. The first-order valence-corrected chi connectivity index (χ1v) is 14.5. The van der Waals surface area contributed by atoms with Crippen LogP contribution in [0.1, 0.15) is 32.8 Å². The van der Waals surface area contributed by atoms with Gasteiger partial charge in [-0.2, -0.15) is 0 Å². The van der Waals surface area contributed by atoms with Crippen molar-refractivity contribution in [1.82, 2.24) is 10.2 Å². The van der Waals surface area contributed by atoms with Crippen LogP contribution in [0.4, 0.5) is 10.1 Å². The van der Waals surface area contributed by atoms with Crippen LogP contribution >= 0.6 is 0 Å². The van der Waals surface area contributed by atoms with Crippen LogP contribution in [-0.4, -0.2) is 51.4 Å². The van der Waals surface area contributed by atoms with Gasteiger partial charge in [0.15, 0.2) is 0 Å². The van der Waals surface area contributed by atoms with E-state index in [-0.39, 0.29) is 35.4 Å². The van der Waals surface area contributed by atoms with E-state index in [0.717, 1.165) is 10.4 Å². The first kappa shape index (κ1) is 30.6. The molecule has 10 heteroatoms. The Hall–Kier alpha value is -3.92. The van der Waals surface area contributed by atoms with Crippen molar-refractivity contribution in [2.24, 2.45) is 5.92 Å². The number of para-hydroxylation sites is 1. The number of rotatable bonds is 13. The monoisotopic (exact) mass is 569 g/mol. The summed E-state index contributed by atoms with van der Waals surface area (Å²) in [5, 5.41) is 2.88. The van der Waals surface area contributed by atoms with Crippen LogP contribution in [0, 0.1) is 11.7 Å². The highest BCUT2D eigenvalue weighted by molar-refractivity contribution is 7.92. The van der Waals surface area contributed by atoms with Gasteiger partial charge in [-0.25, -0.2) is 12.8 Å². The molecule has 0 spiro atoms. The molecule has 1 N–H and O–H groups in total. The Morgan fingerprint density at radius 1 is 0.950 bits per heavy atom. The Morgan fingerprint density at radius 2 is 1.57 bits per heavy atom. The van der Waals surface area contributed by atoms with Crippen molar-refractivity contribution in [1.29, 1.82) is 0 Å². The number of halogens is 1. The number of nitrogens with zero attached hydrogens (tertiary/aromatic N) is 2. The van der Waals surface area contributed by atoms with Crippen LogP contribution in [0.2, 0.25) is 0 Å². The second kappa shape index (κ2) is 13.9. The van der Waals surface area contributed by atoms with Crippen molar-refractivity contribution in [3.8, 4) is 5.75 Å². The molecular weight excluding hydrogens is 533 g/mol. The fourth-order valence-corrected chi connectivity index (χ4v) is 5.60. The topological polar surface area (TPSA) is 96.0 Å². The Kier molecular flexibility index (Phi) is 10.7. The fourth-order valence-electron chi connectivity index (χ4n) is 4.16. The van der Waals surface area contributed by atoms with E-state index in [1.54, 1.807) is 56.5 Å². The van der Waals surface area contributed by atoms with Crippen molar-refractivity contribution < 1.29 is 27.1 Å². The molecule has 0 aliphatic carbocycles. The zero-order chi connectivity index (χ0) is 29.3. The molecule has 3 aromatic carbocycles. The van der Waals surface area contributed by atoms with E-state index in [4.69, 9.17) is 4.74 Å². The standard InChI is InChI=1S/C30H36FN3O5S/c1-5-27(30(36)32-19-22(2)3)33(20-23-15-17-24(39-4)18-16-23)29(35)21-34(28-14-10-9-13-26(28)31)40(37,38)25-11-7-6-8-12-25/h6-18,22,27H,5,19-21H2,1-4H3,(H,32,36). The maximum Gasteiger partial charge on any atom is 0.264 e. The van der Waals surface area contributed by atoms with Crippen LogP contribution < -0.4 is 14.4 Å². The third-order valence-electron chi connectivity index (χ3n) is 6.31. The number of carbonyl (C=O) groups excluding carboxylic acids is 2. The van der Waals surface area contributed by atoms with Gasteiger partial charge in [0.1, 0.15) is 24.2 Å².